The smallest absolute Gasteiger partial charge is 0.228 e. The highest BCUT2D eigenvalue weighted by molar-refractivity contribution is 7.89. The molecule has 2 aliphatic rings. The molecule has 0 saturated carbocycles. The van der Waals surface area contributed by atoms with Crippen molar-refractivity contribution in [3.8, 4) is 0 Å². The molecule has 2 heterocycles. The van der Waals surface area contributed by atoms with E-state index in [0.717, 1.165) is 0 Å². The predicted molar refractivity (Wildman–Crippen MR) is 88.8 cm³/mol. The zero-order chi connectivity index (χ0) is 17.7. The lowest BCUT2D eigenvalue weighted by Gasteiger charge is -2.35. The Hall–Kier alpha value is -1.19. The Labute approximate surface area is 143 Å². The fourth-order valence-electron chi connectivity index (χ4n) is 3.19. The molecule has 0 bridgehead atoms. The fraction of sp³-hybridized carbons (Fsp3) is 0.867. The van der Waals surface area contributed by atoms with Crippen molar-refractivity contribution in [1.82, 2.24) is 14.1 Å². The number of nitrogens with zero attached hydrogens (tertiary/aromatic N) is 3. The monoisotopic (exact) mass is 361 g/mol. The molecule has 0 spiro atoms. The highest BCUT2D eigenvalue weighted by Gasteiger charge is 2.37. The lowest BCUT2D eigenvalue weighted by molar-refractivity contribution is -0.137. The summed E-state index contributed by atoms with van der Waals surface area (Å²) in [5, 5.41) is 0. The molecule has 24 heavy (non-hydrogen) atoms. The molecule has 138 valence electrons. The van der Waals surface area contributed by atoms with Gasteiger partial charge >= 0.3 is 0 Å². The van der Waals surface area contributed by atoms with Gasteiger partial charge in [0.15, 0.2) is 0 Å². The Morgan fingerprint density at radius 1 is 1.25 bits per heavy atom. The second-order valence-corrected chi connectivity index (χ2v) is 8.36. The number of hydrogen-bond acceptors (Lipinski definition) is 5. The van der Waals surface area contributed by atoms with Gasteiger partial charge < -0.3 is 14.5 Å². The van der Waals surface area contributed by atoms with Crippen LogP contribution in [0.15, 0.2) is 0 Å². The van der Waals surface area contributed by atoms with Crippen molar-refractivity contribution in [2.45, 2.75) is 19.8 Å². The lowest BCUT2D eigenvalue weighted by atomic mass is 10.1. The van der Waals surface area contributed by atoms with Gasteiger partial charge in [0.1, 0.15) is 0 Å². The minimum atomic E-state index is -3.21. The number of carbonyl (C=O) groups excluding carboxylic acids is 2. The number of piperazine rings is 1. The highest BCUT2D eigenvalue weighted by Crippen LogP contribution is 2.21. The molecule has 0 radical (unpaired) electrons. The highest BCUT2D eigenvalue weighted by atomic mass is 32.2. The maximum Gasteiger partial charge on any atom is 0.228 e. The Morgan fingerprint density at radius 3 is 2.50 bits per heavy atom. The number of hydrogen-bond donors (Lipinski definition) is 0. The van der Waals surface area contributed by atoms with Gasteiger partial charge in [-0.05, 0) is 6.42 Å². The van der Waals surface area contributed by atoms with Gasteiger partial charge in [0.05, 0.1) is 18.3 Å². The Kier molecular flexibility index (Phi) is 6.59. The summed E-state index contributed by atoms with van der Waals surface area (Å²) < 4.78 is 30.6. The molecule has 2 saturated heterocycles. The van der Waals surface area contributed by atoms with Gasteiger partial charge in [-0.1, -0.05) is 6.92 Å². The summed E-state index contributed by atoms with van der Waals surface area (Å²) in [6, 6.07) is 0. The largest absolute Gasteiger partial charge is 0.383 e. The molecular formula is C15H27N3O5S. The van der Waals surface area contributed by atoms with Crippen molar-refractivity contribution < 1.29 is 22.7 Å². The number of amides is 2. The summed E-state index contributed by atoms with van der Waals surface area (Å²) in [5.74, 6) is -0.245. The first-order chi connectivity index (χ1) is 11.4. The van der Waals surface area contributed by atoms with Crippen molar-refractivity contribution in [2.75, 3.05) is 58.7 Å². The predicted octanol–water partition coefficient (Wildman–Crippen LogP) is -0.635. The van der Waals surface area contributed by atoms with Crippen molar-refractivity contribution >= 4 is 21.8 Å². The molecule has 1 unspecified atom stereocenters. The van der Waals surface area contributed by atoms with Crippen molar-refractivity contribution in [3.05, 3.63) is 0 Å². The maximum atomic E-state index is 12.6. The van der Waals surface area contributed by atoms with Crippen molar-refractivity contribution in [3.63, 3.8) is 0 Å². The molecule has 0 aromatic carbocycles. The SMILES string of the molecule is CCCS(=O)(=O)N1CCN(C(=O)C2CC(=O)N(CCOC)C2)CC1. The Balaban J connectivity index is 1.86. The number of methoxy groups -OCH3 is 1. The van der Waals surface area contributed by atoms with E-state index < -0.39 is 10.0 Å². The third kappa shape index (κ3) is 4.46. The molecule has 0 aromatic heterocycles. The first-order valence-electron chi connectivity index (χ1n) is 8.42. The minimum Gasteiger partial charge on any atom is -0.383 e. The average molecular weight is 361 g/mol. The van der Waals surface area contributed by atoms with E-state index in [1.165, 1.54) is 4.31 Å². The van der Waals surface area contributed by atoms with Crippen molar-refractivity contribution in [2.24, 2.45) is 5.92 Å². The van der Waals surface area contributed by atoms with E-state index in [4.69, 9.17) is 4.74 Å². The molecule has 0 N–H and O–H groups in total. The third-order valence-corrected chi connectivity index (χ3v) is 6.61. The van der Waals surface area contributed by atoms with Crippen LogP contribution in [0.1, 0.15) is 19.8 Å². The summed E-state index contributed by atoms with van der Waals surface area (Å²) in [5.41, 5.74) is 0. The van der Waals surface area contributed by atoms with Crippen LogP contribution in [0.3, 0.4) is 0 Å². The number of sulfonamides is 1. The molecule has 1 atom stereocenters. The van der Waals surface area contributed by atoms with E-state index in [-0.39, 0.29) is 29.9 Å². The Bertz CT molecular complexity index is 557. The summed E-state index contributed by atoms with van der Waals surface area (Å²) >= 11 is 0. The first kappa shape index (κ1) is 19.1. The average Bonchev–Trinajstić information content (AvgIpc) is 2.93. The number of likely N-dealkylation sites (tertiary alicyclic amines) is 1. The van der Waals surface area contributed by atoms with Crippen LogP contribution in [0.5, 0.6) is 0 Å². The number of rotatable bonds is 7. The number of carbonyl (C=O) groups is 2. The van der Waals surface area contributed by atoms with E-state index in [0.29, 0.717) is 52.3 Å². The van der Waals surface area contributed by atoms with Crippen LogP contribution in [0.25, 0.3) is 0 Å². The fourth-order valence-corrected chi connectivity index (χ4v) is 4.68. The quantitative estimate of drug-likeness (QED) is 0.602. The van der Waals surface area contributed by atoms with Crippen LogP contribution in [0.2, 0.25) is 0 Å². The first-order valence-corrected chi connectivity index (χ1v) is 10.0. The van der Waals surface area contributed by atoms with Crippen LogP contribution < -0.4 is 0 Å². The summed E-state index contributed by atoms with van der Waals surface area (Å²) in [7, 11) is -1.63. The lowest BCUT2D eigenvalue weighted by Crippen LogP contribution is -2.52. The molecule has 0 aromatic rings. The third-order valence-electron chi connectivity index (χ3n) is 4.53. The molecule has 9 heteroatoms. The summed E-state index contributed by atoms with van der Waals surface area (Å²) in [6.45, 7) is 4.68. The van der Waals surface area contributed by atoms with Crippen molar-refractivity contribution in [1.29, 1.82) is 0 Å². The minimum absolute atomic E-state index is 0.0189. The maximum absolute atomic E-state index is 12.6. The van der Waals surface area contributed by atoms with Gasteiger partial charge in [-0.2, -0.15) is 4.31 Å². The summed E-state index contributed by atoms with van der Waals surface area (Å²) in [6.07, 6.45) is 0.819. The molecule has 0 aliphatic carbocycles. The van der Waals surface area contributed by atoms with E-state index in [9.17, 15) is 18.0 Å². The van der Waals surface area contributed by atoms with Crippen LogP contribution in [-0.4, -0.2) is 93.1 Å². The normalized spacial score (nSPS) is 23.1. The van der Waals surface area contributed by atoms with Crippen LogP contribution in [0, 0.1) is 5.92 Å². The molecular weight excluding hydrogens is 334 g/mol. The Morgan fingerprint density at radius 2 is 1.92 bits per heavy atom. The van der Waals surface area contributed by atoms with Gasteiger partial charge in [-0.3, -0.25) is 9.59 Å². The van der Waals surface area contributed by atoms with E-state index >= 15 is 0 Å². The van der Waals surface area contributed by atoms with Crippen LogP contribution in [-0.2, 0) is 24.3 Å². The van der Waals surface area contributed by atoms with Crippen LogP contribution >= 0.6 is 0 Å². The van der Waals surface area contributed by atoms with Gasteiger partial charge in [0.2, 0.25) is 21.8 Å². The molecule has 2 amide bonds. The van der Waals surface area contributed by atoms with Crippen LogP contribution in [0.4, 0.5) is 0 Å². The second kappa shape index (κ2) is 8.26. The van der Waals surface area contributed by atoms with E-state index in [1.807, 2.05) is 6.92 Å². The van der Waals surface area contributed by atoms with Gasteiger partial charge in [-0.15, -0.1) is 0 Å². The molecule has 8 nitrogen and oxygen atoms in total. The molecule has 2 aliphatic heterocycles. The van der Waals surface area contributed by atoms with Gasteiger partial charge in [0, 0.05) is 52.8 Å². The van der Waals surface area contributed by atoms with Gasteiger partial charge in [-0.25, -0.2) is 8.42 Å². The number of ether oxygens (including phenoxy) is 1. The second-order valence-electron chi connectivity index (χ2n) is 6.27. The summed E-state index contributed by atoms with van der Waals surface area (Å²) in [4.78, 5) is 27.9. The van der Waals surface area contributed by atoms with Gasteiger partial charge in [0.25, 0.3) is 0 Å². The zero-order valence-corrected chi connectivity index (χ0v) is 15.3. The van der Waals surface area contributed by atoms with E-state index in [2.05, 4.69) is 0 Å². The topological polar surface area (TPSA) is 87.2 Å². The molecule has 2 rings (SSSR count). The molecule has 2 fully saturated rings. The standard InChI is InChI=1S/C15H27N3O5S/c1-3-10-24(21,22)18-6-4-16(5-7-18)15(20)13-11-14(19)17(12-13)8-9-23-2/h13H,3-12H2,1-2H3. The zero-order valence-electron chi connectivity index (χ0n) is 14.4. The van der Waals surface area contributed by atoms with E-state index in [1.54, 1.807) is 16.9 Å².